The van der Waals surface area contributed by atoms with Gasteiger partial charge in [0.1, 0.15) is 5.75 Å². The number of hydrogen-bond acceptors (Lipinski definition) is 3. The maximum atomic E-state index is 13.3. The fourth-order valence-electron chi connectivity index (χ4n) is 4.68. The molecule has 0 atom stereocenters. The van der Waals surface area contributed by atoms with Crippen LogP contribution < -0.4 is 14.5 Å². The molecule has 194 valence electrons. The van der Waals surface area contributed by atoms with Gasteiger partial charge >= 0.3 is 18.6 Å². The Morgan fingerprint density at radius 1 is 0.889 bits per heavy atom. The van der Waals surface area contributed by atoms with Crippen molar-refractivity contribution in [3.63, 3.8) is 0 Å². The maximum Gasteiger partial charge on any atom is 0.573 e. The van der Waals surface area contributed by atoms with Gasteiger partial charge in [0.05, 0.1) is 11.0 Å². The van der Waals surface area contributed by atoms with Gasteiger partial charge in [-0.2, -0.15) is 13.2 Å². The van der Waals surface area contributed by atoms with Crippen LogP contribution in [0.4, 0.5) is 42.5 Å². The highest BCUT2D eigenvalue weighted by Gasteiger charge is 2.49. The van der Waals surface area contributed by atoms with Crippen molar-refractivity contribution in [2.24, 2.45) is 5.41 Å². The van der Waals surface area contributed by atoms with E-state index in [9.17, 15) is 35.9 Å². The molecule has 3 amide bonds. The summed E-state index contributed by atoms with van der Waals surface area (Å²) in [7, 11) is 1.48. The molecule has 0 aromatic heterocycles. The Kier molecular flexibility index (Phi) is 6.56. The number of carbonyl (C=O) groups is 2. The Morgan fingerprint density at radius 2 is 1.44 bits per heavy atom. The third-order valence-corrected chi connectivity index (χ3v) is 6.75. The van der Waals surface area contributed by atoms with Gasteiger partial charge in [0.15, 0.2) is 0 Å². The van der Waals surface area contributed by atoms with Crippen molar-refractivity contribution in [3.05, 3.63) is 54.1 Å². The van der Waals surface area contributed by atoms with Crippen LogP contribution in [0.1, 0.15) is 24.8 Å². The number of alkyl halides is 6. The topological polar surface area (TPSA) is 53.1 Å². The molecule has 0 saturated carbocycles. The summed E-state index contributed by atoms with van der Waals surface area (Å²) in [5.74, 6) is -0.522. The molecule has 6 nitrogen and oxygen atoms in total. The van der Waals surface area contributed by atoms with Crippen LogP contribution in [0.5, 0.6) is 5.75 Å². The summed E-state index contributed by atoms with van der Waals surface area (Å²) in [6, 6.07) is 9.01. The highest BCUT2D eigenvalue weighted by atomic mass is 19.4. The molecule has 36 heavy (non-hydrogen) atoms. The third kappa shape index (κ3) is 5.21. The summed E-state index contributed by atoms with van der Waals surface area (Å²) in [6.45, 7) is 0.987. The Hall–Kier alpha value is -3.44. The van der Waals surface area contributed by atoms with Gasteiger partial charge in [0, 0.05) is 38.1 Å². The summed E-state index contributed by atoms with van der Waals surface area (Å²) in [4.78, 5) is 30.5. The van der Waals surface area contributed by atoms with E-state index in [-0.39, 0.29) is 17.7 Å². The van der Waals surface area contributed by atoms with E-state index in [2.05, 4.69) is 4.74 Å². The molecular weight excluding hydrogens is 492 g/mol. The van der Waals surface area contributed by atoms with Gasteiger partial charge in [-0.05, 0) is 67.8 Å². The standard InChI is InChI=1S/C24H23F6N3O3/c1-31(17-4-2-16(3-5-17)23(25,26)27)21(35)32-13-10-22(11-14-32)12-15-33(20(22)34)18-6-8-19(9-7-18)36-24(28,29)30/h2-9H,10-15H2,1H3. The highest BCUT2D eigenvalue weighted by molar-refractivity contribution is 6.00. The SMILES string of the molecule is CN(C(=O)N1CCC2(CC1)CCN(c1ccc(OC(F)(F)F)cc1)C2=O)c1ccc(C(F)(F)F)cc1. The molecule has 12 heteroatoms. The molecule has 0 radical (unpaired) electrons. The van der Waals surface area contributed by atoms with Crippen LogP contribution in [0, 0.1) is 5.41 Å². The van der Waals surface area contributed by atoms with Gasteiger partial charge in [0.25, 0.3) is 0 Å². The summed E-state index contributed by atoms with van der Waals surface area (Å²) in [5, 5.41) is 0. The van der Waals surface area contributed by atoms with E-state index in [1.807, 2.05) is 0 Å². The minimum absolute atomic E-state index is 0.143. The Bertz CT molecular complexity index is 1110. The van der Waals surface area contributed by atoms with E-state index in [1.54, 1.807) is 4.90 Å². The number of anilines is 2. The maximum absolute atomic E-state index is 13.3. The predicted molar refractivity (Wildman–Crippen MR) is 119 cm³/mol. The first-order valence-electron chi connectivity index (χ1n) is 11.2. The predicted octanol–water partition coefficient (Wildman–Crippen LogP) is 5.68. The minimum atomic E-state index is -4.80. The van der Waals surface area contributed by atoms with Gasteiger partial charge in [0.2, 0.25) is 5.91 Å². The Morgan fingerprint density at radius 3 is 1.97 bits per heavy atom. The van der Waals surface area contributed by atoms with Crippen molar-refractivity contribution in [2.45, 2.75) is 31.8 Å². The van der Waals surface area contributed by atoms with Crippen LogP contribution in [0.15, 0.2) is 48.5 Å². The number of halogens is 6. The van der Waals surface area contributed by atoms with Crippen molar-refractivity contribution in [2.75, 3.05) is 36.5 Å². The fourth-order valence-corrected chi connectivity index (χ4v) is 4.68. The van der Waals surface area contributed by atoms with Gasteiger partial charge in [-0.1, -0.05) is 0 Å². The normalized spacial score (nSPS) is 18.0. The molecule has 2 saturated heterocycles. The molecule has 0 unspecified atom stereocenters. The Labute approximate surface area is 203 Å². The number of rotatable bonds is 3. The molecule has 1 spiro atoms. The van der Waals surface area contributed by atoms with Crippen molar-refractivity contribution < 1.29 is 40.7 Å². The van der Waals surface area contributed by atoms with Crippen molar-refractivity contribution in [1.29, 1.82) is 0 Å². The number of benzene rings is 2. The lowest BCUT2D eigenvalue weighted by molar-refractivity contribution is -0.274. The van der Waals surface area contributed by atoms with Crippen molar-refractivity contribution in [1.82, 2.24) is 4.90 Å². The largest absolute Gasteiger partial charge is 0.573 e. The second-order valence-corrected chi connectivity index (χ2v) is 8.90. The number of carbonyl (C=O) groups excluding carboxylic acids is 2. The first-order valence-corrected chi connectivity index (χ1v) is 11.2. The second-order valence-electron chi connectivity index (χ2n) is 8.90. The van der Waals surface area contributed by atoms with Gasteiger partial charge in [-0.15, -0.1) is 13.2 Å². The highest BCUT2D eigenvalue weighted by Crippen LogP contribution is 2.43. The molecular formula is C24H23F6N3O3. The average Bonchev–Trinajstić information content (AvgIpc) is 3.13. The Balaban J connectivity index is 1.37. The summed E-state index contributed by atoms with van der Waals surface area (Å²) in [5.41, 5.74) is -0.703. The molecule has 2 aromatic carbocycles. The summed E-state index contributed by atoms with van der Waals surface area (Å²) < 4.78 is 79.4. The van der Waals surface area contributed by atoms with E-state index in [1.165, 1.54) is 41.1 Å². The fraction of sp³-hybridized carbons (Fsp3) is 0.417. The average molecular weight is 515 g/mol. The number of likely N-dealkylation sites (tertiary alicyclic amines) is 1. The number of amides is 3. The molecule has 0 aliphatic carbocycles. The lowest BCUT2D eigenvalue weighted by atomic mass is 9.77. The van der Waals surface area contributed by atoms with Gasteiger partial charge < -0.3 is 14.5 Å². The molecule has 2 aromatic rings. The molecule has 2 aliphatic rings. The van der Waals surface area contributed by atoms with Gasteiger partial charge in [-0.3, -0.25) is 9.69 Å². The lowest BCUT2D eigenvalue weighted by Crippen LogP contribution is -2.50. The van der Waals surface area contributed by atoms with Crippen molar-refractivity contribution >= 4 is 23.3 Å². The zero-order valence-electron chi connectivity index (χ0n) is 19.2. The summed E-state index contributed by atoms with van der Waals surface area (Å²) in [6.07, 6.45) is -7.91. The van der Waals surface area contributed by atoms with E-state index in [0.717, 1.165) is 24.3 Å². The number of urea groups is 1. The van der Waals surface area contributed by atoms with Crippen LogP contribution in [-0.2, 0) is 11.0 Å². The number of hydrogen-bond donors (Lipinski definition) is 0. The molecule has 0 N–H and O–H groups in total. The number of ether oxygens (including phenoxy) is 1. The van der Waals surface area contributed by atoms with Crippen LogP contribution in [-0.4, -0.2) is 49.9 Å². The molecule has 2 heterocycles. The zero-order chi connectivity index (χ0) is 26.3. The minimum Gasteiger partial charge on any atom is -0.406 e. The monoisotopic (exact) mass is 515 g/mol. The third-order valence-electron chi connectivity index (χ3n) is 6.75. The first kappa shape index (κ1) is 25.6. The van der Waals surface area contributed by atoms with E-state index in [4.69, 9.17) is 0 Å². The number of nitrogens with zero attached hydrogens (tertiary/aromatic N) is 3. The lowest BCUT2D eigenvalue weighted by Gasteiger charge is -2.39. The molecule has 2 fully saturated rings. The van der Waals surface area contributed by atoms with Crippen LogP contribution in [0.2, 0.25) is 0 Å². The molecule has 0 bridgehead atoms. The summed E-state index contributed by atoms with van der Waals surface area (Å²) >= 11 is 0. The van der Waals surface area contributed by atoms with Crippen LogP contribution in [0.25, 0.3) is 0 Å². The van der Waals surface area contributed by atoms with Gasteiger partial charge in [-0.25, -0.2) is 4.79 Å². The quantitative estimate of drug-likeness (QED) is 0.495. The van der Waals surface area contributed by atoms with Crippen LogP contribution in [0.3, 0.4) is 0 Å². The molecule has 4 rings (SSSR count). The van der Waals surface area contributed by atoms with E-state index < -0.39 is 23.5 Å². The van der Waals surface area contributed by atoms with Crippen molar-refractivity contribution in [3.8, 4) is 5.75 Å². The van der Waals surface area contributed by atoms with E-state index >= 15 is 0 Å². The molecule has 2 aliphatic heterocycles. The smallest absolute Gasteiger partial charge is 0.406 e. The second kappa shape index (κ2) is 9.21. The zero-order valence-corrected chi connectivity index (χ0v) is 19.2. The van der Waals surface area contributed by atoms with Crippen LogP contribution >= 0.6 is 0 Å². The first-order chi connectivity index (χ1) is 16.8. The van der Waals surface area contributed by atoms with E-state index in [0.29, 0.717) is 50.3 Å². The number of piperidine rings is 1.